The van der Waals surface area contributed by atoms with Gasteiger partial charge >= 0.3 is 11.7 Å². The monoisotopic (exact) mass is 283 g/mol. The molecule has 1 aromatic rings. The van der Waals surface area contributed by atoms with Gasteiger partial charge in [-0.25, -0.2) is 4.79 Å². The molecule has 1 aliphatic heterocycles. The van der Waals surface area contributed by atoms with Gasteiger partial charge in [0.2, 0.25) is 0 Å². The number of imidazole rings is 1. The number of hydrogen-bond acceptors (Lipinski definition) is 4. The van der Waals surface area contributed by atoms with Gasteiger partial charge in [0.05, 0.1) is 19.3 Å². The molecule has 1 saturated heterocycles. The lowest BCUT2D eigenvalue weighted by Gasteiger charge is -2.29. The molecule has 0 radical (unpaired) electrons. The largest absolute Gasteiger partial charge is 0.481 e. The first kappa shape index (κ1) is 14.3. The van der Waals surface area contributed by atoms with Crippen LogP contribution >= 0.6 is 0 Å². The van der Waals surface area contributed by atoms with Crippen LogP contribution in [0.3, 0.4) is 0 Å². The fraction of sp³-hybridized carbons (Fsp3) is 0.583. The highest BCUT2D eigenvalue weighted by molar-refractivity contribution is 5.92. The van der Waals surface area contributed by atoms with Crippen molar-refractivity contribution in [3.63, 3.8) is 0 Å². The predicted octanol–water partition coefficient (Wildman–Crippen LogP) is -0.345. The van der Waals surface area contributed by atoms with E-state index in [-0.39, 0.29) is 18.9 Å². The third-order valence-electron chi connectivity index (χ3n) is 3.32. The Hall–Kier alpha value is -2.09. The summed E-state index contributed by atoms with van der Waals surface area (Å²) in [5, 5.41) is 9.18. The standard InChI is InChI=1S/C12H17N3O5/c1-2-3-15(9-6-20-5-7(9)11(17)18)10(16)8-4-13-12(19)14-8/h4,7,9H,2-3,5-6H2,1H3,(H,17,18)(H2,13,14,19). The zero-order valence-electron chi connectivity index (χ0n) is 11.1. The highest BCUT2D eigenvalue weighted by atomic mass is 16.5. The van der Waals surface area contributed by atoms with Crippen molar-refractivity contribution in [3.8, 4) is 0 Å². The smallest absolute Gasteiger partial charge is 0.323 e. The van der Waals surface area contributed by atoms with Crippen LogP contribution in [0.15, 0.2) is 11.0 Å². The normalized spacial score (nSPS) is 21.9. The van der Waals surface area contributed by atoms with Crippen LogP contribution in [0.2, 0.25) is 0 Å². The molecule has 2 unspecified atom stereocenters. The number of rotatable bonds is 5. The molecule has 1 aromatic heterocycles. The van der Waals surface area contributed by atoms with E-state index in [9.17, 15) is 19.5 Å². The van der Waals surface area contributed by atoms with Gasteiger partial charge in [0.15, 0.2) is 0 Å². The van der Waals surface area contributed by atoms with Gasteiger partial charge in [0.25, 0.3) is 5.91 Å². The minimum Gasteiger partial charge on any atom is -0.481 e. The fourth-order valence-corrected chi connectivity index (χ4v) is 2.35. The van der Waals surface area contributed by atoms with Crippen LogP contribution in [-0.2, 0) is 9.53 Å². The average Bonchev–Trinajstić information content (AvgIpc) is 3.03. The molecule has 0 saturated carbocycles. The predicted molar refractivity (Wildman–Crippen MR) is 68.5 cm³/mol. The second kappa shape index (κ2) is 5.91. The van der Waals surface area contributed by atoms with Gasteiger partial charge in [-0.1, -0.05) is 6.92 Å². The quantitative estimate of drug-likeness (QED) is 0.683. The molecular weight excluding hydrogens is 266 g/mol. The molecule has 8 nitrogen and oxygen atoms in total. The van der Waals surface area contributed by atoms with Crippen molar-refractivity contribution in [1.29, 1.82) is 0 Å². The number of amides is 1. The second-order valence-electron chi connectivity index (χ2n) is 4.70. The molecule has 0 spiro atoms. The summed E-state index contributed by atoms with van der Waals surface area (Å²) in [6.07, 6.45) is 1.97. The Bertz CT molecular complexity index is 549. The molecule has 110 valence electrons. The Morgan fingerprint density at radius 1 is 1.50 bits per heavy atom. The highest BCUT2D eigenvalue weighted by Gasteiger charge is 2.40. The average molecular weight is 283 g/mol. The van der Waals surface area contributed by atoms with E-state index in [2.05, 4.69) is 9.97 Å². The summed E-state index contributed by atoms with van der Waals surface area (Å²) in [6, 6.07) is -0.515. The molecule has 2 rings (SSSR count). The van der Waals surface area contributed by atoms with Crippen molar-refractivity contribution >= 4 is 11.9 Å². The maximum atomic E-state index is 12.4. The zero-order valence-corrected chi connectivity index (χ0v) is 11.1. The number of nitrogens with zero attached hydrogens (tertiary/aromatic N) is 1. The number of aromatic amines is 2. The van der Waals surface area contributed by atoms with E-state index in [0.717, 1.165) is 0 Å². The number of carboxylic acids is 1. The van der Waals surface area contributed by atoms with Crippen LogP contribution < -0.4 is 5.69 Å². The Labute approximate surface area is 114 Å². The van der Waals surface area contributed by atoms with Crippen LogP contribution in [-0.4, -0.2) is 57.7 Å². The van der Waals surface area contributed by atoms with E-state index in [4.69, 9.17) is 4.74 Å². The second-order valence-corrected chi connectivity index (χ2v) is 4.70. The first-order chi connectivity index (χ1) is 9.54. The van der Waals surface area contributed by atoms with Gasteiger partial charge in [-0.2, -0.15) is 0 Å². The zero-order chi connectivity index (χ0) is 14.7. The van der Waals surface area contributed by atoms with Crippen LogP contribution in [0.4, 0.5) is 0 Å². The number of carbonyl (C=O) groups excluding carboxylic acids is 1. The van der Waals surface area contributed by atoms with Crippen molar-refractivity contribution in [2.75, 3.05) is 19.8 Å². The first-order valence-corrected chi connectivity index (χ1v) is 6.43. The van der Waals surface area contributed by atoms with E-state index < -0.39 is 29.5 Å². The third kappa shape index (κ3) is 2.74. The molecule has 2 atom stereocenters. The van der Waals surface area contributed by atoms with Crippen LogP contribution in [0.25, 0.3) is 0 Å². The number of H-pyrrole nitrogens is 2. The molecule has 0 aromatic carbocycles. The van der Waals surface area contributed by atoms with E-state index in [1.54, 1.807) is 0 Å². The summed E-state index contributed by atoms with van der Waals surface area (Å²) >= 11 is 0. The number of nitrogens with one attached hydrogen (secondary N) is 2. The topological polar surface area (TPSA) is 115 Å². The van der Waals surface area contributed by atoms with E-state index >= 15 is 0 Å². The highest BCUT2D eigenvalue weighted by Crippen LogP contribution is 2.21. The van der Waals surface area contributed by atoms with E-state index in [1.165, 1.54) is 11.1 Å². The Kier molecular flexibility index (Phi) is 4.23. The minimum atomic E-state index is -0.982. The molecule has 3 N–H and O–H groups in total. The number of ether oxygens (including phenoxy) is 1. The Morgan fingerprint density at radius 3 is 2.80 bits per heavy atom. The molecule has 0 bridgehead atoms. The molecule has 8 heteroatoms. The lowest BCUT2D eigenvalue weighted by molar-refractivity contribution is -0.142. The third-order valence-corrected chi connectivity index (χ3v) is 3.32. The van der Waals surface area contributed by atoms with Gasteiger partial charge in [-0.05, 0) is 6.42 Å². The summed E-state index contributed by atoms with van der Waals surface area (Å²) in [7, 11) is 0. The van der Waals surface area contributed by atoms with E-state index in [1.807, 2.05) is 6.92 Å². The number of carbonyl (C=O) groups is 2. The Balaban J connectivity index is 2.24. The number of aromatic nitrogens is 2. The van der Waals surface area contributed by atoms with Crippen molar-refractivity contribution in [2.24, 2.45) is 5.92 Å². The molecule has 0 aliphatic carbocycles. The van der Waals surface area contributed by atoms with Gasteiger partial charge in [-0.3, -0.25) is 9.59 Å². The van der Waals surface area contributed by atoms with Crippen LogP contribution in [0, 0.1) is 5.92 Å². The SMILES string of the molecule is CCCN(C(=O)c1c[nH]c(=O)[nH]1)C1COCC1C(=O)O. The molecule has 2 heterocycles. The van der Waals surface area contributed by atoms with Crippen molar-refractivity contribution in [1.82, 2.24) is 14.9 Å². The molecule has 20 heavy (non-hydrogen) atoms. The summed E-state index contributed by atoms with van der Waals surface area (Å²) in [5.74, 6) is -2.12. The lowest BCUT2D eigenvalue weighted by atomic mass is 10.0. The molecule has 1 aliphatic rings. The van der Waals surface area contributed by atoms with Crippen LogP contribution in [0.1, 0.15) is 23.8 Å². The van der Waals surface area contributed by atoms with Crippen molar-refractivity contribution < 1.29 is 19.4 Å². The summed E-state index contributed by atoms with van der Waals surface area (Å²) in [4.78, 5) is 40.9. The number of carboxylic acid groups (broad SMARTS) is 1. The van der Waals surface area contributed by atoms with E-state index in [0.29, 0.717) is 13.0 Å². The molecule has 1 fully saturated rings. The van der Waals surface area contributed by atoms with Gasteiger partial charge in [0, 0.05) is 12.7 Å². The Morgan fingerprint density at radius 2 is 2.25 bits per heavy atom. The van der Waals surface area contributed by atoms with Crippen LogP contribution in [0.5, 0.6) is 0 Å². The maximum absolute atomic E-state index is 12.4. The first-order valence-electron chi connectivity index (χ1n) is 6.43. The lowest BCUT2D eigenvalue weighted by Crippen LogP contribution is -2.47. The number of aliphatic carboxylic acids is 1. The minimum absolute atomic E-state index is 0.0944. The van der Waals surface area contributed by atoms with Gasteiger partial charge in [-0.15, -0.1) is 0 Å². The summed E-state index contributed by atoms with van der Waals surface area (Å²) in [6.45, 7) is 2.59. The van der Waals surface area contributed by atoms with Crippen molar-refractivity contribution in [3.05, 3.63) is 22.4 Å². The molecular formula is C12H17N3O5. The molecule has 1 amide bonds. The van der Waals surface area contributed by atoms with Gasteiger partial charge in [0.1, 0.15) is 11.6 Å². The summed E-state index contributed by atoms with van der Waals surface area (Å²) < 4.78 is 5.20. The number of hydrogen-bond donors (Lipinski definition) is 3. The summed E-state index contributed by atoms with van der Waals surface area (Å²) in [5.41, 5.74) is -0.346. The van der Waals surface area contributed by atoms with Crippen molar-refractivity contribution in [2.45, 2.75) is 19.4 Å². The van der Waals surface area contributed by atoms with Gasteiger partial charge < -0.3 is 24.7 Å². The maximum Gasteiger partial charge on any atom is 0.323 e. The fourth-order valence-electron chi connectivity index (χ4n) is 2.35.